The molecule has 2 rings (SSSR count). The number of imide groups is 1. The molecule has 27 heavy (non-hydrogen) atoms. The van der Waals surface area contributed by atoms with Crippen LogP contribution < -0.4 is 10.6 Å². The maximum atomic E-state index is 11.9. The molecule has 0 bridgehead atoms. The molecule has 2 unspecified atom stereocenters. The van der Waals surface area contributed by atoms with Crippen molar-refractivity contribution >= 4 is 117 Å². The van der Waals surface area contributed by atoms with Gasteiger partial charge in [-0.1, -0.05) is 55.6 Å². The van der Waals surface area contributed by atoms with E-state index in [-0.39, 0.29) is 43.1 Å². The fourth-order valence-electron chi connectivity index (χ4n) is 2.29. The maximum Gasteiger partial charge on any atom is 2.00 e. The molecule has 2 amide bonds. The van der Waals surface area contributed by atoms with Gasteiger partial charge >= 0.3 is 19.5 Å². The van der Waals surface area contributed by atoms with Crippen LogP contribution in [-0.4, -0.2) is 41.0 Å². The Morgan fingerprint density at radius 1 is 1.07 bits per heavy atom. The first-order chi connectivity index (χ1) is 12.0. The Morgan fingerprint density at radius 2 is 1.44 bits per heavy atom. The van der Waals surface area contributed by atoms with Crippen molar-refractivity contribution in [3.63, 3.8) is 0 Å². The Kier molecular flexibility index (Phi) is 13.8. The fourth-order valence-corrected chi connectivity index (χ4v) is 3.98. The Hall–Kier alpha value is 0.943. The second-order valence-corrected chi connectivity index (χ2v) is 11.4. The quantitative estimate of drug-likeness (QED) is 0.0770. The number of allylic oxidation sites excluding steroid dienone is 2. The number of nitrogens with one attached hydrogen (secondary N) is 2. The van der Waals surface area contributed by atoms with Crippen molar-refractivity contribution < 1.29 is 29.1 Å². The molecular formula is C13H14Cl3N3O2S5Zn. The molecule has 5 nitrogen and oxygen atoms in total. The summed E-state index contributed by atoms with van der Waals surface area (Å²) in [6.07, 6.45) is 5.00. The Balaban J connectivity index is 0.000000539. The van der Waals surface area contributed by atoms with Crippen LogP contribution in [0.3, 0.4) is 0 Å². The van der Waals surface area contributed by atoms with Crippen LogP contribution in [0.15, 0.2) is 12.2 Å². The summed E-state index contributed by atoms with van der Waals surface area (Å²) < 4.78 is 0.0517. The van der Waals surface area contributed by atoms with E-state index in [9.17, 15) is 9.59 Å². The third-order valence-corrected chi connectivity index (χ3v) is 5.27. The number of fused-ring (bicyclic) bond motifs is 1. The summed E-state index contributed by atoms with van der Waals surface area (Å²) in [5, 5.41) is 5.56. The number of carbonyl (C=O) groups excluding carboxylic acids is 2. The normalized spacial score (nSPS) is 20.8. The first kappa shape index (κ1) is 27.9. The van der Waals surface area contributed by atoms with E-state index in [0.717, 1.165) is 4.31 Å². The largest absolute Gasteiger partial charge is 2.00 e. The molecule has 1 saturated heterocycles. The zero-order valence-corrected chi connectivity index (χ0v) is 23.1. The minimum atomic E-state index is -1.69. The van der Waals surface area contributed by atoms with Gasteiger partial charge in [0, 0.05) is 25.0 Å². The van der Waals surface area contributed by atoms with E-state index in [1.165, 1.54) is 0 Å². The first-order valence-corrected chi connectivity index (χ1v) is 10.8. The predicted molar refractivity (Wildman–Crippen MR) is 121 cm³/mol. The second-order valence-electron chi connectivity index (χ2n) is 5.09. The summed E-state index contributed by atoms with van der Waals surface area (Å²) in [6.45, 7) is 1.33. The number of hydrogen-bond acceptors (Lipinski definition) is 7. The average molecular weight is 576 g/mol. The van der Waals surface area contributed by atoms with Crippen LogP contribution in [0.25, 0.3) is 0 Å². The van der Waals surface area contributed by atoms with Crippen molar-refractivity contribution in [1.29, 1.82) is 0 Å². The molecule has 1 aliphatic carbocycles. The molecule has 2 N–H and O–H groups in total. The molecule has 0 spiro atoms. The van der Waals surface area contributed by atoms with Gasteiger partial charge in [-0.3, -0.25) is 9.59 Å². The molecule has 0 saturated carbocycles. The van der Waals surface area contributed by atoms with Crippen molar-refractivity contribution in [3.05, 3.63) is 12.2 Å². The van der Waals surface area contributed by atoms with Gasteiger partial charge in [0.05, 0.1) is 11.8 Å². The standard InChI is InChI=1S/C9H8Cl3NO2S.C4H8N2S4.Zn/c10-9(11,12)16-13-7(14)5-3-1-2-4-6(5)8(13)15;7-3(8)5-1-2-6-4(9)10;/h1-2,5-6H,3-4H2;1-2H2,(H2,5,7,8)(H2,6,9,10);/q;;+2/p-2. The van der Waals surface area contributed by atoms with Gasteiger partial charge in [0.1, 0.15) is 0 Å². The van der Waals surface area contributed by atoms with Gasteiger partial charge in [0.25, 0.3) is 3.12 Å². The molecular weight excluding hydrogens is 562 g/mol. The van der Waals surface area contributed by atoms with Crippen LogP contribution in [0.2, 0.25) is 0 Å². The van der Waals surface area contributed by atoms with E-state index in [4.69, 9.17) is 34.8 Å². The molecule has 146 valence electrons. The summed E-state index contributed by atoms with van der Waals surface area (Å²) in [7, 11) is 0. The molecule has 2 aliphatic rings. The van der Waals surface area contributed by atoms with Gasteiger partial charge in [0.2, 0.25) is 11.8 Å². The summed E-state index contributed by atoms with van der Waals surface area (Å²) in [6, 6.07) is 0. The molecule has 14 heteroatoms. The zero-order chi connectivity index (χ0) is 19.9. The monoisotopic (exact) mass is 573 g/mol. The number of nitrogens with zero attached hydrogens (tertiary/aromatic N) is 1. The molecule has 0 aromatic rings. The van der Waals surface area contributed by atoms with E-state index in [0.29, 0.717) is 46.5 Å². The van der Waals surface area contributed by atoms with Crippen LogP contribution in [0.1, 0.15) is 12.8 Å². The van der Waals surface area contributed by atoms with Crippen LogP contribution in [0, 0.1) is 11.8 Å². The number of alkyl halides is 3. The summed E-state index contributed by atoms with van der Waals surface area (Å²) in [5.41, 5.74) is 0. The Bertz CT molecular complexity index is 564. The maximum absolute atomic E-state index is 11.9. The molecule has 0 aromatic carbocycles. The average Bonchev–Trinajstić information content (AvgIpc) is 2.76. The number of thiocarbonyl (C=S) groups is 2. The van der Waals surface area contributed by atoms with Crippen LogP contribution >= 0.6 is 71.2 Å². The number of amides is 2. The van der Waals surface area contributed by atoms with E-state index in [1.54, 1.807) is 0 Å². The summed E-state index contributed by atoms with van der Waals surface area (Å²) >= 11 is 35.7. The number of rotatable bonds is 4. The van der Waals surface area contributed by atoms with Crippen molar-refractivity contribution in [2.75, 3.05) is 13.1 Å². The molecule has 0 radical (unpaired) electrons. The third kappa shape index (κ3) is 10.5. The Labute approximate surface area is 212 Å². The minimum Gasteiger partial charge on any atom is -0.412 e. The van der Waals surface area contributed by atoms with Gasteiger partial charge in [-0.25, -0.2) is 4.31 Å². The smallest absolute Gasteiger partial charge is 0.412 e. The number of halogens is 3. The SMILES string of the molecule is O=C1C2CC=CCC2C(=O)N1SC(Cl)(Cl)Cl.S=C([S-])NCCNC(=S)[S-].[Zn+2]. The van der Waals surface area contributed by atoms with Crippen LogP contribution in [0.4, 0.5) is 0 Å². The van der Waals surface area contributed by atoms with Gasteiger partial charge in [-0.15, -0.1) is 0 Å². The molecule has 1 aliphatic heterocycles. The topological polar surface area (TPSA) is 61.4 Å². The van der Waals surface area contributed by atoms with Gasteiger partial charge < -0.3 is 60.3 Å². The summed E-state index contributed by atoms with van der Waals surface area (Å²) in [5.74, 6) is -1.07. The van der Waals surface area contributed by atoms with Crippen molar-refractivity contribution in [2.45, 2.75) is 16.0 Å². The van der Waals surface area contributed by atoms with E-state index in [2.05, 4.69) is 60.3 Å². The summed E-state index contributed by atoms with van der Waals surface area (Å²) in [4.78, 5) is 23.8. The van der Waals surface area contributed by atoms with Gasteiger partial charge in [-0.05, 0) is 12.8 Å². The Morgan fingerprint density at radius 3 is 1.74 bits per heavy atom. The first-order valence-electron chi connectivity index (χ1n) is 7.21. The number of hydrogen-bond donors (Lipinski definition) is 2. The van der Waals surface area contributed by atoms with Gasteiger partial charge in [-0.2, -0.15) is 0 Å². The van der Waals surface area contributed by atoms with E-state index in [1.807, 2.05) is 12.2 Å². The molecule has 1 fully saturated rings. The van der Waals surface area contributed by atoms with Crippen LogP contribution in [-0.2, 0) is 54.3 Å². The molecule has 2 atom stereocenters. The van der Waals surface area contributed by atoms with Gasteiger partial charge in [0.15, 0.2) is 0 Å². The third-order valence-electron chi connectivity index (χ3n) is 3.33. The molecule has 1 heterocycles. The zero-order valence-electron chi connectivity index (χ0n) is 13.8. The van der Waals surface area contributed by atoms with Crippen molar-refractivity contribution in [2.24, 2.45) is 11.8 Å². The van der Waals surface area contributed by atoms with Crippen molar-refractivity contribution in [3.8, 4) is 0 Å². The predicted octanol–water partition coefficient (Wildman–Crippen LogP) is 2.74. The molecule has 0 aromatic heterocycles. The fraction of sp³-hybridized carbons (Fsp3) is 0.538. The van der Waals surface area contributed by atoms with E-state index < -0.39 is 3.12 Å². The second kappa shape index (κ2) is 13.3. The van der Waals surface area contributed by atoms with Crippen molar-refractivity contribution in [1.82, 2.24) is 14.9 Å². The number of carbonyl (C=O) groups is 2. The van der Waals surface area contributed by atoms with Crippen LogP contribution in [0.5, 0.6) is 0 Å². The van der Waals surface area contributed by atoms with E-state index >= 15 is 0 Å². The minimum absolute atomic E-state index is 0.